The summed E-state index contributed by atoms with van der Waals surface area (Å²) in [6, 6.07) is 27.4. The fraction of sp³-hybridized carbons (Fsp3) is 0.0741. The van der Waals surface area contributed by atoms with Crippen LogP contribution in [0.15, 0.2) is 102 Å². The number of amides is 1. The molecule has 0 saturated carbocycles. The van der Waals surface area contributed by atoms with Crippen molar-refractivity contribution in [1.82, 2.24) is 5.32 Å². The number of fused-ring (bicyclic) bond motifs is 3. The van der Waals surface area contributed by atoms with Crippen LogP contribution in [0.5, 0.6) is 5.75 Å². The minimum Gasteiger partial charge on any atom is -0.441 e. The van der Waals surface area contributed by atoms with Gasteiger partial charge < -0.3 is 15.8 Å². The first kappa shape index (κ1) is 21.2. The van der Waals surface area contributed by atoms with E-state index in [0.29, 0.717) is 17.9 Å². The molecule has 1 unspecified atom stereocenters. The lowest BCUT2D eigenvalue weighted by Gasteiger charge is -2.30. The maximum Gasteiger partial charge on any atom is 0.269 e. The zero-order valence-corrected chi connectivity index (χ0v) is 18.1. The normalized spacial score (nSPS) is 14.9. The van der Waals surface area contributed by atoms with Crippen molar-refractivity contribution in [2.75, 3.05) is 0 Å². The van der Waals surface area contributed by atoms with Crippen LogP contribution in [-0.4, -0.2) is 10.8 Å². The number of carbonyl (C=O) groups is 1. The molecule has 34 heavy (non-hydrogen) atoms. The Hall–Kier alpha value is -4.65. The summed E-state index contributed by atoms with van der Waals surface area (Å²) in [5, 5.41) is 16.0. The molecule has 5 rings (SSSR count). The fourth-order valence-electron chi connectivity index (χ4n) is 4.36. The Kier molecular flexibility index (Phi) is 5.43. The minimum absolute atomic E-state index is 0.0108. The average molecular weight is 451 g/mol. The number of nitro benzene ring substituents is 1. The van der Waals surface area contributed by atoms with Crippen LogP contribution >= 0.6 is 0 Å². The summed E-state index contributed by atoms with van der Waals surface area (Å²) in [5.74, 6) is -0.356. The van der Waals surface area contributed by atoms with Gasteiger partial charge >= 0.3 is 0 Å². The molecule has 7 nitrogen and oxygen atoms in total. The van der Waals surface area contributed by atoms with Crippen molar-refractivity contribution >= 4 is 22.4 Å². The Morgan fingerprint density at radius 3 is 2.38 bits per heavy atom. The van der Waals surface area contributed by atoms with E-state index in [1.54, 1.807) is 12.1 Å². The van der Waals surface area contributed by atoms with Crippen LogP contribution in [0.25, 0.3) is 10.8 Å². The van der Waals surface area contributed by atoms with E-state index in [0.717, 1.165) is 21.9 Å². The third-order valence-electron chi connectivity index (χ3n) is 5.97. The second-order valence-electron chi connectivity index (χ2n) is 8.03. The maximum absolute atomic E-state index is 13.4. The van der Waals surface area contributed by atoms with Crippen molar-refractivity contribution in [3.63, 3.8) is 0 Å². The number of hydrogen-bond donors (Lipinski definition) is 2. The molecule has 1 heterocycles. The van der Waals surface area contributed by atoms with Crippen LogP contribution in [0.2, 0.25) is 0 Å². The monoisotopic (exact) mass is 451 g/mol. The van der Waals surface area contributed by atoms with Crippen molar-refractivity contribution in [3.05, 3.63) is 129 Å². The largest absolute Gasteiger partial charge is 0.441 e. The van der Waals surface area contributed by atoms with Crippen molar-refractivity contribution in [2.45, 2.75) is 12.5 Å². The highest BCUT2D eigenvalue weighted by atomic mass is 16.6. The molecule has 1 aliphatic heterocycles. The molecule has 0 saturated heterocycles. The predicted octanol–water partition coefficient (Wildman–Crippen LogP) is 4.76. The first-order valence-corrected chi connectivity index (χ1v) is 10.8. The first-order chi connectivity index (χ1) is 16.5. The van der Waals surface area contributed by atoms with Gasteiger partial charge in [-0.3, -0.25) is 14.9 Å². The van der Waals surface area contributed by atoms with E-state index in [1.807, 2.05) is 66.7 Å². The lowest BCUT2D eigenvalue weighted by molar-refractivity contribution is -0.384. The quantitative estimate of drug-likeness (QED) is 0.336. The third kappa shape index (κ3) is 3.84. The molecular weight excluding hydrogens is 430 g/mol. The Balaban J connectivity index is 1.62. The van der Waals surface area contributed by atoms with Crippen LogP contribution in [0.4, 0.5) is 5.69 Å². The van der Waals surface area contributed by atoms with Gasteiger partial charge in [0.25, 0.3) is 11.6 Å². The molecule has 4 aromatic carbocycles. The molecule has 1 amide bonds. The van der Waals surface area contributed by atoms with E-state index < -0.39 is 10.8 Å². The van der Waals surface area contributed by atoms with Crippen molar-refractivity contribution in [3.8, 4) is 5.75 Å². The summed E-state index contributed by atoms with van der Waals surface area (Å²) in [4.78, 5) is 24.2. The number of benzene rings is 4. The number of rotatable bonds is 5. The van der Waals surface area contributed by atoms with Gasteiger partial charge in [0, 0.05) is 30.2 Å². The van der Waals surface area contributed by atoms with Crippen molar-refractivity contribution in [2.24, 2.45) is 5.73 Å². The van der Waals surface area contributed by atoms with E-state index in [1.165, 1.54) is 12.1 Å². The number of nitrogens with one attached hydrogen (secondary N) is 1. The molecule has 4 aromatic rings. The number of hydrogen-bond acceptors (Lipinski definition) is 5. The number of carbonyl (C=O) groups excluding carboxylic acids is 1. The summed E-state index contributed by atoms with van der Waals surface area (Å²) < 4.78 is 5.93. The van der Waals surface area contributed by atoms with Gasteiger partial charge in [-0.25, -0.2) is 0 Å². The second kappa shape index (κ2) is 8.71. The van der Waals surface area contributed by atoms with E-state index in [4.69, 9.17) is 10.5 Å². The number of nitro groups is 1. The van der Waals surface area contributed by atoms with Crippen LogP contribution in [0, 0.1) is 10.1 Å². The molecular formula is C27H21N3O4. The van der Waals surface area contributed by atoms with Gasteiger partial charge in [0.05, 0.1) is 10.5 Å². The number of non-ortho nitro benzene ring substituents is 1. The Morgan fingerprint density at radius 1 is 0.941 bits per heavy atom. The van der Waals surface area contributed by atoms with E-state index >= 15 is 0 Å². The molecule has 168 valence electrons. The number of nitrogens with zero attached hydrogens (tertiary/aromatic N) is 1. The SMILES string of the molecule is NC1=C(C(=O)NCc2ccccc2)C(c2ccc([N+](=O)[O-])cc2)c2c(ccc3ccccc23)O1. The Morgan fingerprint density at radius 2 is 1.65 bits per heavy atom. The standard InChI is InChI=1S/C27H21N3O4/c28-26-25(27(31)29-16-17-6-2-1-3-7-17)23(19-10-13-20(14-11-19)30(32)33)24-21-9-5-4-8-18(21)12-15-22(24)34-26/h1-15,23H,16,28H2,(H,29,31). The zero-order valence-electron chi connectivity index (χ0n) is 18.1. The highest BCUT2D eigenvalue weighted by molar-refractivity contribution is 5.99. The Bertz CT molecular complexity index is 1430. The van der Waals surface area contributed by atoms with Gasteiger partial charge in [-0.05, 0) is 28.0 Å². The summed E-state index contributed by atoms with van der Waals surface area (Å²) in [5.41, 5.74) is 9.00. The second-order valence-corrected chi connectivity index (χ2v) is 8.03. The van der Waals surface area contributed by atoms with Gasteiger partial charge in [0.1, 0.15) is 5.75 Å². The van der Waals surface area contributed by atoms with Gasteiger partial charge in [-0.15, -0.1) is 0 Å². The summed E-state index contributed by atoms with van der Waals surface area (Å²) >= 11 is 0. The highest BCUT2D eigenvalue weighted by Crippen LogP contribution is 2.46. The van der Waals surface area contributed by atoms with Crippen molar-refractivity contribution in [1.29, 1.82) is 0 Å². The fourth-order valence-corrected chi connectivity index (χ4v) is 4.36. The van der Waals surface area contributed by atoms with Crippen molar-refractivity contribution < 1.29 is 14.5 Å². The summed E-state index contributed by atoms with van der Waals surface area (Å²) in [7, 11) is 0. The molecule has 1 aliphatic rings. The molecule has 0 bridgehead atoms. The topological polar surface area (TPSA) is 107 Å². The molecule has 3 N–H and O–H groups in total. The summed E-state index contributed by atoms with van der Waals surface area (Å²) in [6.45, 7) is 0.325. The first-order valence-electron chi connectivity index (χ1n) is 10.8. The van der Waals surface area contributed by atoms with Gasteiger partial charge in [0.2, 0.25) is 5.88 Å². The lowest BCUT2D eigenvalue weighted by Crippen LogP contribution is -2.33. The Labute approximate surface area is 195 Å². The maximum atomic E-state index is 13.4. The van der Waals surface area contributed by atoms with Crippen LogP contribution in [-0.2, 0) is 11.3 Å². The predicted molar refractivity (Wildman–Crippen MR) is 129 cm³/mol. The molecule has 0 aliphatic carbocycles. The van der Waals surface area contributed by atoms with E-state index in [-0.39, 0.29) is 23.1 Å². The minimum atomic E-state index is -0.563. The molecule has 0 aromatic heterocycles. The number of ether oxygens (including phenoxy) is 1. The average Bonchev–Trinajstić information content (AvgIpc) is 2.87. The number of nitrogens with two attached hydrogens (primary N) is 1. The van der Waals surface area contributed by atoms with E-state index in [9.17, 15) is 14.9 Å². The molecule has 7 heteroatoms. The van der Waals surface area contributed by atoms with E-state index in [2.05, 4.69) is 5.32 Å². The highest BCUT2D eigenvalue weighted by Gasteiger charge is 2.36. The van der Waals surface area contributed by atoms with Crippen LogP contribution in [0.3, 0.4) is 0 Å². The molecule has 0 fully saturated rings. The molecule has 1 atom stereocenters. The zero-order chi connectivity index (χ0) is 23.7. The van der Waals surface area contributed by atoms with Gasteiger partial charge in [0.15, 0.2) is 0 Å². The third-order valence-corrected chi connectivity index (χ3v) is 5.97. The lowest BCUT2D eigenvalue weighted by atomic mass is 9.80. The smallest absolute Gasteiger partial charge is 0.269 e. The van der Waals surface area contributed by atoms with Crippen LogP contribution < -0.4 is 15.8 Å². The molecule has 0 spiro atoms. The molecule has 0 radical (unpaired) electrons. The van der Waals surface area contributed by atoms with Crippen LogP contribution in [0.1, 0.15) is 22.6 Å². The van der Waals surface area contributed by atoms with Gasteiger partial charge in [-0.2, -0.15) is 0 Å². The summed E-state index contributed by atoms with van der Waals surface area (Å²) in [6.07, 6.45) is 0. The van der Waals surface area contributed by atoms with Gasteiger partial charge in [-0.1, -0.05) is 72.8 Å².